The molecule has 2 rings (SSSR count). The fourth-order valence-electron chi connectivity index (χ4n) is 3.75. The van der Waals surface area contributed by atoms with Crippen LogP contribution < -0.4 is 0 Å². The van der Waals surface area contributed by atoms with Gasteiger partial charge in [-0.25, -0.2) is 0 Å². The van der Waals surface area contributed by atoms with Crippen molar-refractivity contribution in [1.82, 2.24) is 4.90 Å². The summed E-state index contributed by atoms with van der Waals surface area (Å²) in [6.45, 7) is 8.26. The van der Waals surface area contributed by atoms with Gasteiger partial charge in [0.05, 0.1) is 0 Å². The highest BCUT2D eigenvalue weighted by atomic mass is 16.1. The van der Waals surface area contributed by atoms with E-state index in [1.807, 2.05) is 0 Å². The standard InChI is InChI=1S/C16H29NO/c1-4-5-6-9-16(2,3)12-17-13-7-8-14(17)11-15(18)10-13/h13-14H,4-12H2,1-3H3. The summed E-state index contributed by atoms with van der Waals surface area (Å²) < 4.78 is 0. The Morgan fingerprint density at radius 2 is 1.78 bits per heavy atom. The number of carbonyl (C=O) groups is 1. The summed E-state index contributed by atoms with van der Waals surface area (Å²) in [6, 6.07) is 1.14. The third-order valence-electron chi connectivity index (χ3n) is 4.77. The summed E-state index contributed by atoms with van der Waals surface area (Å²) in [5.41, 5.74) is 0.413. The summed E-state index contributed by atoms with van der Waals surface area (Å²) in [5, 5.41) is 0. The van der Waals surface area contributed by atoms with E-state index in [2.05, 4.69) is 25.7 Å². The van der Waals surface area contributed by atoms with E-state index < -0.39 is 0 Å². The minimum absolute atomic E-state index is 0.413. The van der Waals surface area contributed by atoms with Gasteiger partial charge in [-0.1, -0.05) is 40.0 Å². The van der Waals surface area contributed by atoms with Gasteiger partial charge in [0.2, 0.25) is 0 Å². The summed E-state index contributed by atoms with van der Waals surface area (Å²) in [7, 11) is 0. The lowest BCUT2D eigenvalue weighted by Crippen LogP contribution is -2.47. The van der Waals surface area contributed by atoms with Gasteiger partial charge >= 0.3 is 0 Å². The lowest BCUT2D eigenvalue weighted by Gasteiger charge is -2.39. The molecule has 2 unspecified atom stereocenters. The van der Waals surface area contributed by atoms with Crippen LogP contribution >= 0.6 is 0 Å². The highest BCUT2D eigenvalue weighted by Crippen LogP contribution is 2.37. The first-order chi connectivity index (χ1) is 8.52. The fourth-order valence-corrected chi connectivity index (χ4v) is 3.75. The van der Waals surface area contributed by atoms with E-state index in [1.165, 1.54) is 45.1 Å². The van der Waals surface area contributed by atoms with Crippen LogP contribution in [0.25, 0.3) is 0 Å². The van der Waals surface area contributed by atoms with E-state index in [0.717, 1.165) is 12.8 Å². The molecular weight excluding hydrogens is 222 g/mol. The molecule has 0 aromatic carbocycles. The first kappa shape index (κ1) is 14.0. The normalized spacial score (nSPS) is 28.9. The Kier molecular flexibility index (Phi) is 4.47. The average molecular weight is 251 g/mol. The van der Waals surface area contributed by atoms with Gasteiger partial charge in [-0.3, -0.25) is 9.69 Å². The molecule has 2 heteroatoms. The quantitative estimate of drug-likeness (QED) is 0.669. The monoisotopic (exact) mass is 251 g/mol. The number of nitrogens with zero attached hydrogens (tertiary/aromatic N) is 1. The second-order valence-electron chi connectivity index (χ2n) is 7.13. The van der Waals surface area contributed by atoms with Crippen molar-refractivity contribution in [3.8, 4) is 0 Å². The van der Waals surface area contributed by atoms with Crippen molar-refractivity contribution in [2.45, 2.75) is 84.2 Å². The third kappa shape index (κ3) is 3.34. The molecule has 0 aliphatic carbocycles. The Hall–Kier alpha value is -0.370. The fraction of sp³-hybridized carbons (Fsp3) is 0.938. The predicted molar refractivity (Wildman–Crippen MR) is 75.7 cm³/mol. The molecule has 2 fully saturated rings. The zero-order valence-electron chi connectivity index (χ0n) is 12.4. The lowest BCUT2D eigenvalue weighted by atomic mass is 9.85. The van der Waals surface area contributed by atoms with Crippen molar-refractivity contribution in [2.24, 2.45) is 5.41 Å². The van der Waals surface area contributed by atoms with Crippen LogP contribution in [0.4, 0.5) is 0 Å². The van der Waals surface area contributed by atoms with Gasteiger partial charge < -0.3 is 0 Å². The Morgan fingerprint density at radius 3 is 2.33 bits per heavy atom. The van der Waals surface area contributed by atoms with E-state index in [1.54, 1.807) is 0 Å². The minimum Gasteiger partial charge on any atom is -0.300 e. The van der Waals surface area contributed by atoms with Crippen molar-refractivity contribution in [1.29, 1.82) is 0 Å². The van der Waals surface area contributed by atoms with E-state index >= 15 is 0 Å². The highest BCUT2D eigenvalue weighted by molar-refractivity contribution is 5.80. The van der Waals surface area contributed by atoms with Crippen LogP contribution in [-0.2, 0) is 4.79 Å². The van der Waals surface area contributed by atoms with E-state index in [9.17, 15) is 4.79 Å². The Morgan fingerprint density at radius 1 is 1.17 bits per heavy atom. The Bertz CT molecular complexity index is 281. The largest absolute Gasteiger partial charge is 0.300 e. The van der Waals surface area contributed by atoms with Gasteiger partial charge in [0.15, 0.2) is 0 Å². The van der Waals surface area contributed by atoms with Gasteiger partial charge in [-0.2, -0.15) is 0 Å². The second-order valence-corrected chi connectivity index (χ2v) is 7.13. The van der Waals surface area contributed by atoms with Crippen LogP contribution in [0.5, 0.6) is 0 Å². The van der Waals surface area contributed by atoms with Crippen molar-refractivity contribution in [3.05, 3.63) is 0 Å². The molecular formula is C16H29NO. The molecule has 0 amide bonds. The maximum atomic E-state index is 11.6. The number of fused-ring (bicyclic) bond motifs is 2. The van der Waals surface area contributed by atoms with Crippen LogP contribution in [0.3, 0.4) is 0 Å². The summed E-state index contributed by atoms with van der Waals surface area (Å²) >= 11 is 0. The number of hydrogen-bond donors (Lipinski definition) is 0. The summed E-state index contributed by atoms with van der Waals surface area (Å²) in [4.78, 5) is 14.3. The first-order valence-corrected chi connectivity index (χ1v) is 7.79. The van der Waals surface area contributed by atoms with Gasteiger partial charge in [-0.15, -0.1) is 0 Å². The van der Waals surface area contributed by atoms with Gasteiger partial charge in [0.1, 0.15) is 5.78 Å². The highest BCUT2D eigenvalue weighted by Gasteiger charge is 2.41. The molecule has 0 aromatic heterocycles. The average Bonchev–Trinajstić information content (AvgIpc) is 2.53. The van der Waals surface area contributed by atoms with Crippen molar-refractivity contribution in [2.75, 3.05) is 6.54 Å². The zero-order valence-corrected chi connectivity index (χ0v) is 12.4. The second kappa shape index (κ2) is 5.73. The molecule has 0 spiro atoms. The van der Waals surface area contributed by atoms with Gasteiger partial charge in [-0.05, 0) is 24.7 Å². The molecule has 2 atom stereocenters. The SMILES string of the molecule is CCCCCC(C)(C)CN1C2CCC1CC(=O)C2. The molecule has 0 aromatic rings. The topological polar surface area (TPSA) is 20.3 Å². The maximum Gasteiger partial charge on any atom is 0.136 e. The van der Waals surface area contributed by atoms with Crippen molar-refractivity contribution in [3.63, 3.8) is 0 Å². The van der Waals surface area contributed by atoms with Crippen LogP contribution in [-0.4, -0.2) is 29.3 Å². The number of rotatable bonds is 6. The van der Waals surface area contributed by atoms with Crippen molar-refractivity contribution < 1.29 is 4.79 Å². The number of hydrogen-bond acceptors (Lipinski definition) is 2. The molecule has 2 heterocycles. The molecule has 0 saturated carbocycles. The number of ketones is 1. The number of carbonyl (C=O) groups excluding carboxylic acids is 1. The Labute approximate surface area is 112 Å². The number of piperidine rings is 1. The lowest BCUT2D eigenvalue weighted by molar-refractivity contribution is -0.124. The third-order valence-corrected chi connectivity index (χ3v) is 4.77. The molecule has 0 radical (unpaired) electrons. The molecule has 18 heavy (non-hydrogen) atoms. The molecule has 2 saturated heterocycles. The van der Waals surface area contributed by atoms with Crippen LogP contribution in [0.1, 0.15) is 72.1 Å². The minimum atomic E-state index is 0.413. The molecule has 0 N–H and O–H groups in total. The zero-order chi connectivity index (χ0) is 13.2. The molecule has 2 nitrogen and oxygen atoms in total. The molecule has 2 bridgehead atoms. The smallest absolute Gasteiger partial charge is 0.136 e. The van der Waals surface area contributed by atoms with Gasteiger partial charge in [0, 0.05) is 31.5 Å². The maximum absolute atomic E-state index is 11.6. The summed E-state index contributed by atoms with van der Waals surface area (Å²) in [5.74, 6) is 0.502. The molecule has 2 aliphatic rings. The molecule has 2 aliphatic heterocycles. The van der Waals surface area contributed by atoms with E-state index in [4.69, 9.17) is 0 Å². The predicted octanol–water partition coefficient (Wildman–Crippen LogP) is 3.79. The Balaban J connectivity index is 1.87. The molecule has 104 valence electrons. The van der Waals surface area contributed by atoms with Crippen LogP contribution in [0.2, 0.25) is 0 Å². The van der Waals surface area contributed by atoms with Crippen molar-refractivity contribution >= 4 is 5.78 Å². The summed E-state index contributed by atoms with van der Waals surface area (Å²) in [6.07, 6.45) is 9.48. The van der Waals surface area contributed by atoms with Crippen LogP contribution in [0.15, 0.2) is 0 Å². The van der Waals surface area contributed by atoms with E-state index in [0.29, 0.717) is 23.3 Å². The number of Topliss-reactive ketones (excluding diaryl/α,β-unsaturated/α-hetero) is 1. The van der Waals surface area contributed by atoms with Crippen LogP contribution in [0, 0.1) is 5.41 Å². The number of unbranched alkanes of at least 4 members (excludes halogenated alkanes) is 2. The van der Waals surface area contributed by atoms with E-state index in [-0.39, 0.29) is 0 Å². The first-order valence-electron chi connectivity index (χ1n) is 7.79. The van der Waals surface area contributed by atoms with Gasteiger partial charge in [0.25, 0.3) is 0 Å².